The maximum Gasteiger partial charge on any atom is 0.0825 e. The van der Waals surface area contributed by atoms with E-state index in [1.807, 2.05) is 12.1 Å². The molecule has 1 aromatic rings. The van der Waals surface area contributed by atoms with Crippen LogP contribution in [0.25, 0.3) is 0 Å². The summed E-state index contributed by atoms with van der Waals surface area (Å²) in [7, 11) is 0. The first kappa shape index (κ1) is 15.9. The third-order valence-electron chi connectivity index (χ3n) is 4.20. The Morgan fingerprint density at radius 2 is 1.85 bits per heavy atom. The number of nitrogens with zero attached hydrogens (tertiary/aromatic N) is 1. The van der Waals surface area contributed by atoms with Gasteiger partial charge in [0.05, 0.1) is 15.7 Å². The molecule has 2 nitrogen and oxygen atoms in total. The van der Waals surface area contributed by atoms with Crippen LogP contribution in [-0.4, -0.2) is 25.2 Å². The number of hydrogen-bond acceptors (Lipinski definition) is 2. The highest BCUT2D eigenvalue weighted by atomic mass is 35.5. The van der Waals surface area contributed by atoms with Crippen molar-refractivity contribution in [3.8, 4) is 0 Å². The number of hydrogen-bond donors (Lipinski definition) is 1. The lowest BCUT2D eigenvalue weighted by Crippen LogP contribution is -2.60. The van der Waals surface area contributed by atoms with Crippen LogP contribution < -0.4 is 10.2 Å². The highest BCUT2D eigenvalue weighted by Gasteiger charge is 2.32. The zero-order valence-electron chi connectivity index (χ0n) is 12.7. The van der Waals surface area contributed by atoms with Crippen LogP contribution in [0.3, 0.4) is 0 Å². The third kappa shape index (κ3) is 3.24. The van der Waals surface area contributed by atoms with Gasteiger partial charge in [0, 0.05) is 25.2 Å². The molecule has 0 aliphatic carbocycles. The van der Waals surface area contributed by atoms with E-state index in [1.165, 1.54) is 0 Å². The number of benzene rings is 1. The van der Waals surface area contributed by atoms with E-state index in [1.54, 1.807) is 0 Å². The van der Waals surface area contributed by atoms with Crippen LogP contribution in [0.2, 0.25) is 10.0 Å². The molecule has 2 unspecified atom stereocenters. The standard InChI is InChI=1S/C16H24Cl2N2/c1-10(2)13-9-20(15(8-19-13)11(3)4)14-7-5-6-12(17)16(14)18/h5-7,10-11,13,15,19H,8-9H2,1-4H3. The van der Waals surface area contributed by atoms with Gasteiger partial charge >= 0.3 is 0 Å². The molecular formula is C16H24Cl2N2. The van der Waals surface area contributed by atoms with Gasteiger partial charge in [-0.05, 0) is 24.0 Å². The summed E-state index contributed by atoms with van der Waals surface area (Å²) in [6.07, 6.45) is 0. The monoisotopic (exact) mass is 314 g/mol. The Kier molecular flexibility index (Phi) is 5.22. The molecule has 1 aliphatic rings. The minimum absolute atomic E-state index is 0.445. The maximum atomic E-state index is 6.43. The molecule has 0 saturated carbocycles. The predicted octanol–water partition coefficient (Wildman–Crippen LogP) is 4.45. The van der Waals surface area contributed by atoms with Gasteiger partial charge in [0.2, 0.25) is 0 Å². The minimum atomic E-state index is 0.445. The Morgan fingerprint density at radius 1 is 1.15 bits per heavy atom. The van der Waals surface area contributed by atoms with Gasteiger partial charge in [-0.25, -0.2) is 0 Å². The van der Waals surface area contributed by atoms with Crippen molar-refractivity contribution in [2.24, 2.45) is 11.8 Å². The second-order valence-electron chi connectivity index (χ2n) is 6.30. The molecule has 4 heteroatoms. The molecule has 0 amide bonds. The zero-order valence-corrected chi connectivity index (χ0v) is 14.2. The van der Waals surface area contributed by atoms with Crippen LogP contribution in [0.15, 0.2) is 18.2 Å². The minimum Gasteiger partial charge on any atom is -0.364 e. The van der Waals surface area contributed by atoms with E-state index in [0.29, 0.717) is 34.0 Å². The first-order chi connectivity index (χ1) is 9.41. The molecule has 1 saturated heterocycles. The van der Waals surface area contributed by atoms with Gasteiger partial charge < -0.3 is 10.2 Å². The van der Waals surface area contributed by atoms with Crippen LogP contribution in [-0.2, 0) is 0 Å². The summed E-state index contributed by atoms with van der Waals surface area (Å²) < 4.78 is 0. The fourth-order valence-electron chi connectivity index (χ4n) is 2.83. The molecule has 0 spiro atoms. The van der Waals surface area contributed by atoms with Crippen molar-refractivity contribution in [3.63, 3.8) is 0 Å². The molecule has 20 heavy (non-hydrogen) atoms. The number of halogens is 2. The quantitative estimate of drug-likeness (QED) is 0.886. The van der Waals surface area contributed by atoms with Gasteiger partial charge in [-0.1, -0.05) is 57.0 Å². The lowest BCUT2D eigenvalue weighted by molar-refractivity contribution is 0.295. The molecule has 1 N–H and O–H groups in total. The van der Waals surface area contributed by atoms with Crippen molar-refractivity contribution in [1.82, 2.24) is 5.32 Å². The molecule has 1 heterocycles. The van der Waals surface area contributed by atoms with Crippen molar-refractivity contribution < 1.29 is 0 Å². The van der Waals surface area contributed by atoms with E-state index < -0.39 is 0 Å². The van der Waals surface area contributed by atoms with Crippen molar-refractivity contribution in [2.75, 3.05) is 18.0 Å². The largest absolute Gasteiger partial charge is 0.364 e. The van der Waals surface area contributed by atoms with Crippen molar-refractivity contribution in [1.29, 1.82) is 0 Å². The summed E-state index contributed by atoms with van der Waals surface area (Å²) >= 11 is 12.6. The van der Waals surface area contributed by atoms with Crippen LogP contribution in [0, 0.1) is 11.8 Å². The molecular weight excluding hydrogens is 291 g/mol. The summed E-state index contributed by atoms with van der Waals surface area (Å²) in [5.74, 6) is 1.16. The Bertz CT molecular complexity index is 460. The van der Waals surface area contributed by atoms with Crippen molar-refractivity contribution in [3.05, 3.63) is 28.2 Å². The van der Waals surface area contributed by atoms with E-state index in [9.17, 15) is 0 Å². The highest BCUT2D eigenvalue weighted by molar-refractivity contribution is 6.43. The second-order valence-corrected chi connectivity index (χ2v) is 7.08. The van der Waals surface area contributed by atoms with E-state index in [0.717, 1.165) is 18.8 Å². The highest BCUT2D eigenvalue weighted by Crippen LogP contribution is 2.35. The lowest BCUT2D eigenvalue weighted by Gasteiger charge is -2.45. The van der Waals surface area contributed by atoms with Crippen LogP contribution in [0.4, 0.5) is 5.69 Å². The normalized spacial score (nSPS) is 23.7. The molecule has 0 aromatic heterocycles. The SMILES string of the molecule is CC(C)C1CN(c2cccc(Cl)c2Cl)C(C(C)C)CN1. The lowest BCUT2D eigenvalue weighted by atomic mass is 9.93. The molecule has 2 atom stereocenters. The third-order valence-corrected chi connectivity index (χ3v) is 5.01. The van der Waals surface area contributed by atoms with Gasteiger partial charge in [0.1, 0.15) is 0 Å². The van der Waals surface area contributed by atoms with E-state index in [-0.39, 0.29) is 0 Å². The molecule has 2 rings (SSSR count). The first-order valence-electron chi connectivity index (χ1n) is 7.35. The van der Waals surface area contributed by atoms with Gasteiger partial charge in [0.25, 0.3) is 0 Å². The average molecular weight is 315 g/mol. The van der Waals surface area contributed by atoms with Crippen LogP contribution in [0.5, 0.6) is 0 Å². The van der Waals surface area contributed by atoms with Gasteiger partial charge in [0.15, 0.2) is 0 Å². The average Bonchev–Trinajstić information content (AvgIpc) is 2.41. The molecule has 112 valence electrons. The van der Waals surface area contributed by atoms with E-state index in [4.69, 9.17) is 23.2 Å². The summed E-state index contributed by atoms with van der Waals surface area (Å²) in [5, 5.41) is 4.97. The Labute approximate surface area is 132 Å². The molecule has 1 fully saturated rings. The summed E-state index contributed by atoms with van der Waals surface area (Å²) in [6, 6.07) is 6.83. The Hall–Kier alpha value is -0.440. The molecule has 1 aliphatic heterocycles. The van der Waals surface area contributed by atoms with E-state index >= 15 is 0 Å². The number of anilines is 1. The van der Waals surface area contributed by atoms with Gasteiger partial charge in [-0.2, -0.15) is 0 Å². The summed E-state index contributed by atoms with van der Waals surface area (Å²) in [6.45, 7) is 11.0. The fraction of sp³-hybridized carbons (Fsp3) is 0.625. The smallest absolute Gasteiger partial charge is 0.0825 e. The van der Waals surface area contributed by atoms with Gasteiger partial charge in [-0.3, -0.25) is 0 Å². The molecule has 0 radical (unpaired) electrons. The number of nitrogens with one attached hydrogen (secondary N) is 1. The predicted molar refractivity (Wildman–Crippen MR) is 89.1 cm³/mol. The zero-order chi connectivity index (χ0) is 14.9. The topological polar surface area (TPSA) is 15.3 Å². The van der Waals surface area contributed by atoms with Crippen molar-refractivity contribution in [2.45, 2.75) is 39.8 Å². The number of piperazine rings is 1. The molecule has 1 aromatic carbocycles. The van der Waals surface area contributed by atoms with Crippen LogP contribution >= 0.6 is 23.2 Å². The van der Waals surface area contributed by atoms with Gasteiger partial charge in [-0.15, -0.1) is 0 Å². The van der Waals surface area contributed by atoms with Crippen molar-refractivity contribution >= 4 is 28.9 Å². The summed E-state index contributed by atoms with van der Waals surface area (Å²) in [5.41, 5.74) is 1.06. The fourth-order valence-corrected chi connectivity index (χ4v) is 3.23. The van der Waals surface area contributed by atoms with E-state index in [2.05, 4.69) is 44.0 Å². The first-order valence-corrected chi connectivity index (χ1v) is 8.11. The number of rotatable bonds is 3. The maximum absolute atomic E-state index is 6.43. The van der Waals surface area contributed by atoms with Crippen LogP contribution in [0.1, 0.15) is 27.7 Å². The Morgan fingerprint density at radius 3 is 2.45 bits per heavy atom. The Balaban J connectivity index is 2.34. The summed E-state index contributed by atoms with van der Waals surface area (Å²) in [4.78, 5) is 2.43. The molecule has 0 bridgehead atoms. The second kappa shape index (κ2) is 6.55.